The highest BCUT2D eigenvalue weighted by Gasteiger charge is 2.53. The van der Waals surface area contributed by atoms with Gasteiger partial charge in [-0.1, -0.05) is 12.1 Å². The number of rotatable bonds is 8. The molecule has 228 valence electrons. The van der Waals surface area contributed by atoms with Crippen LogP contribution < -0.4 is 16.7 Å². The fourth-order valence-corrected chi connectivity index (χ4v) is 8.94. The maximum atomic E-state index is 13.1. The number of aryl methyl sites for hydroxylation is 2. The van der Waals surface area contributed by atoms with Crippen molar-refractivity contribution in [3.63, 3.8) is 0 Å². The number of hydrogen-bond donors (Lipinski definition) is 2. The van der Waals surface area contributed by atoms with Crippen LogP contribution in [0.3, 0.4) is 0 Å². The fourth-order valence-electron chi connectivity index (χ4n) is 7.01. The largest absolute Gasteiger partial charge is 0.341 e. The third-order valence-corrected chi connectivity index (χ3v) is 11.5. The number of imide groups is 1. The topological polar surface area (TPSA) is 160 Å². The Morgan fingerprint density at radius 2 is 1.81 bits per heavy atom. The number of fused-ring (bicyclic) bond motifs is 2. The number of carbonyl (C=O) groups excluding carboxylic acids is 3. The van der Waals surface area contributed by atoms with E-state index >= 15 is 0 Å². The van der Waals surface area contributed by atoms with Gasteiger partial charge in [-0.15, -0.1) is 0 Å². The van der Waals surface area contributed by atoms with Crippen molar-refractivity contribution >= 4 is 39.0 Å². The monoisotopic (exact) mass is 601 g/mol. The van der Waals surface area contributed by atoms with E-state index in [0.29, 0.717) is 70.3 Å². The zero-order chi connectivity index (χ0) is 29.8. The van der Waals surface area contributed by atoms with Crippen molar-refractivity contribution in [3.8, 4) is 0 Å². The molecule has 5 heterocycles. The maximum absolute atomic E-state index is 13.1. The molecular weight excluding hydrogens is 562 g/mol. The number of carbonyl (C=O) groups is 3. The van der Waals surface area contributed by atoms with E-state index < -0.39 is 22.2 Å². The van der Waals surface area contributed by atoms with Gasteiger partial charge in [-0.2, -0.15) is 17.0 Å². The van der Waals surface area contributed by atoms with Crippen molar-refractivity contribution < 1.29 is 22.8 Å². The Bertz CT molecular complexity index is 1570. The second-order valence-electron chi connectivity index (χ2n) is 12.1. The number of aromatic nitrogens is 2. The van der Waals surface area contributed by atoms with E-state index in [1.54, 1.807) is 15.9 Å². The number of nitrogens with two attached hydrogens (primary N) is 1. The average Bonchev–Trinajstić information content (AvgIpc) is 3.40. The number of para-hydroxylation sites is 1. The molecule has 3 atom stereocenters. The van der Waals surface area contributed by atoms with E-state index in [1.807, 2.05) is 23.1 Å². The molecule has 3 amide bonds. The molecule has 1 aromatic heterocycles. The van der Waals surface area contributed by atoms with Gasteiger partial charge in [0.25, 0.3) is 10.2 Å². The lowest BCUT2D eigenvalue weighted by Crippen LogP contribution is -2.62. The first kappa shape index (κ1) is 29.0. The average molecular weight is 602 g/mol. The molecule has 4 saturated heterocycles. The molecule has 0 radical (unpaired) electrons. The van der Waals surface area contributed by atoms with Crippen LogP contribution in [0.15, 0.2) is 23.0 Å². The predicted octanol–water partition coefficient (Wildman–Crippen LogP) is -0.159. The van der Waals surface area contributed by atoms with E-state index in [-0.39, 0.29) is 48.3 Å². The molecule has 0 bridgehead atoms. The first-order chi connectivity index (χ1) is 20.1. The minimum absolute atomic E-state index is 0.0420. The van der Waals surface area contributed by atoms with Gasteiger partial charge < -0.3 is 10.6 Å². The number of hydrogen-bond acceptors (Lipinski definition) is 7. The molecule has 0 aliphatic carbocycles. The lowest BCUT2D eigenvalue weighted by atomic mass is 9.96. The number of unbranched alkanes of at least 4 members (excludes halogenated alkanes) is 1. The SMILES string of the molecule is Cn1c(=O)n(C2CCC(=O)NC2=O)c2cccc(CCCCC(=O)N3CC4CN(S(=O)(=O)N5CCC(N)CC5)C4C3)c21. The molecule has 6 rings (SSSR count). The maximum Gasteiger partial charge on any atom is 0.329 e. The summed E-state index contributed by atoms with van der Waals surface area (Å²) in [5, 5.41) is 2.33. The Morgan fingerprint density at radius 1 is 1.05 bits per heavy atom. The van der Waals surface area contributed by atoms with Crippen LogP contribution in [0.4, 0.5) is 0 Å². The van der Waals surface area contributed by atoms with Gasteiger partial charge in [0.15, 0.2) is 0 Å². The number of imidazole rings is 1. The normalized spacial score (nSPS) is 26.0. The minimum atomic E-state index is -3.53. The molecule has 14 heteroatoms. The first-order valence-electron chi connectivity index (χ1n) is 14.9. The molecule has 42 heavy (non-hydrogen) atoms. The summed E-state index contributed by atoms with van der Waals surface area (Å²) in [6.45, 7) is 2.38. The number of nitrogens with zero attached hydrogens (tertiary/aromatic N) is 5. The highest BCUT2D eigenvalue weighted by Crippen LogP contribution is 2.36. The molecule has 3 unspecified atom stereocenters. The van der Waals surface area contributed by atoms with Crippen LogP contribution in [0.25, 0.3) is 11.0 Å². The quantitative estimate of drug-likeness (QED) is 0.314. The summed E-state index contributed by atoms with van der Waals surface area (Å²) >= 11 is 0. The molecular formula is C28H39N7O6S. The minimum Gasteiger partial charge on any atom is -0.341 e. The first-order valence-corrected chi connectivity index (χ1v) is 16.3. The zero-order valence-electron chi connectivity index (χ0n) is 23.9. The zero-order valence-corrected chi connectivity index (χ0v) is 24.7. The molecule has 13 nitrogen and oxygen atoms in total. The van der Waals surface area contributed by atoms with E-state index in [2.05, 4.69) is 5.32 Å². The number of benzene rings is 1. The lowest BCUT2D eigenvalue weighted by Gasteiger charge is -2.45. The van der Waals surface area contributed by atoms with Crippen LogP contribution >= 0.6 is 0 Å². The fraction of sp³-hybridized carbons (Fsp3) is 0.643. The van der Waals surface area contributed by atoms with Gasteiger partial charge in [-0.25, -0.2) is 4.79 Å². The van der Waals surface area contributed by atoms with Crippen LogP contribution in [0.2, 0.25) is 0 Å². The highest BCUT2D eigenvalue weighted by molar-refractivity contribution is 7.86. The Kier molecular flexibility index (Phi) is 7.75. The Morgan fingerprint density at radius 3 is 2.55 bits per heavy atom. The highest BCUT2D eigenvalue weighted by atomic mass is 32.2. The van der Waals surface area contributed by atoms with E-state index in [1.165, 1.54) is 8.87 Å². The summed E-state index contributed by atoms with van der Waals surface area (Å²) in [7, 11) is -1.84. The van der Waals surface area contributed by atoms with Crippen molar-refractivity contribution in [1.29, 1.82) is 0 Å². The van der Waals surface area contributed by atoms with Crippen molar-refractivity contribution in [2.45, 2.75) is 69.5 Å². The molecule has 1 aromatic carbocycles. The standard InChI is InChI=1S/C28H39N7O6S/c1-31-26-18(6-4-7-21(26)35(28(31)39)22-9-10-24(36)30-27(22)38)5-2-3-8-25(37)32-15-19-16-34(23(19)17-32)42(40,41)33-13-11-20(29)12-14-33/h4,6-7,19-20,22-23H,2-3,5,8-17,29H2,1H3,(H,30,36,38). The third-order valence-electron chi connectivity index (χ3n) is 9.46. The van der Waals surface area contributed by atoms with Gasteiger partial charge in [0, 0.05) is 70.6 Å². The van der Waals surface area contributed by atoms with E-state index in [4.69, 9.17) is 5.73 Å². The molecule has 4 fully saturated rings. The molecule has 3 N–H and O–H groups in total. The summed E-state index contributed by atoms with van der Waals surface area (Å²) < 4.78 is 32.4. The molecule has 4 aliphatic heterocycles. The Balaban J connectivity index is 1.04. The van der Waals surface area contributed by atoms with Crippen LogP contribution in [-0.2, 0) is 38.1 Å². The lowest BCUT2D eigenvalue weighted by molar-refractivity contribution is -0.135. The van der Waals surface area contributed by atoms with Crippen molar-refractivity contribution in [2.24, 2.45) is 18.7 Å². The second-order valence-corrected chi connectivity index (χ2v) is 14.0. The van der Waals surface area contributed by atoms with Gasteiger partial charge in [-0.3, -0.25) is 28.8 Å². The van der Waals surface area contributed by atoms with Crippen LogP contribution in [-0.4, -0.2) is 93.6 Å². The van der Waals surface area contributed by atoms with Gasteiger partial charge in [0.2, 0.25) is 17.7 Å². The van der Waals surface area contributed by atoms with Crippen molar-refractivity contribution in [2.75, 3.05) is 32.7 Å². The number of likely N-dealkylation sites (tertiary alicyclic amines) is 1. The molecule has 0 spiro atoms. The van der Waals surface area contributed by atoms with Gasteiger partial charge in [0.1, 0.15) is 6.04 Å². The third kappa shape index (κ3) is 5.07. The summed E-state index contributed by atoms with van der Waals surface area (Å²) in [6.07, 6.45) is 4.25. The van der Waals surface area contributed by atoms with Crippen LogP contribution in [0.5, 0.6) is 0 Å². The summed E-state index contributed by atoms with van der Waals surface area (Å²) in [4.78, 5) is 52.1. The Hall–Kier alpha value is -3.07. The van der Waals surface area contributed by atoms with Gasteiger partial charge in [-0.05, 0) is 50.2 Å². The van der Waals surface area contributed by atoms with E-state index in [9.17, 15) is 27.6 Å². The summed E-state index contributed by atoms with van der Waals surface area (Å²) in [5.41, 5.74) is 8.02. The van der Waals surface area contributed by atoms with Crippen LogP contribution in [0.1, 0.15) is 56.6 Å². The predicted molar refractivity (Wildman–Crippen MR) is 154 cm³/mol. The Labute approximate surface area is 244 Å². The number of nitrogens with one attached hydrogen (secondary N) is 1. The smallest absolute Gasteiger partial charge is 0.329 e. The number of piperidine rings is 2. The van der Waals surface area contributed by atoms with E-state index in [0.717, 1.165) is 17.5 Å². The summed E-state index contributed by atoms with van der Waals surface area (Å²) in [6, 6.07) is 4.82. The van der Waals surface area contributed by atoms with Gasteiger partial charge >= 0.3 is 5.69 Å². The van der Waals surface area contributed by atoms with Crippen molar-refractivity contribution in [3.05, 3.63) is 34.2 Å². The molecule has 4 aliphatic rings. The molecule has 2 aromatic rings. The second kappa shape index (κ2) is 11.2. The molecule has 0 saturated carbocycles. The number of amides is 3. The van der Waals surface area contributed by atoms with Gasteiger partial charge in [0.05, 0.1) is 11.0 Å². The van der Waals surface area contributed by atoms with Crippen molar-refractivity contribution in [1.82, 2.24) is 28.0 Å². The summed E-state index contributed by atoms with van der Waals surface area (Å²) in [5.74, 6) is -0.563. The van der Waals surface area contributed by atoms with Crippen LogP contribution in [0, 0.1) is 5.92 Å².